The number of likely N-dealkylation sites (tertiary alicyclic amines) is 1. The minimum absolute atomic E-state index is 0.0447. The van der Waals surface area contributed by atoms with Gasteiger partial charge in [-0.2, -0.15) is 5.26 Å². The molecular formula is C30H36N2O4. The molecule has 36 heavy (non-hydrogen) atoms. The number of benzene rings is 2. The number of ether oxygens (including phenoxy) is 2. The van der Waals surface area contributed by atoms with Crippen LogP contribution in [0.25, 0.3) is 11.1 Å². The molecule has 2 fully saturated rings. The molecule has 2 aromatic carbocycles. The molecule has 0 spiro atoms. The summed E-state index contributed by atoms with van der Waals surface area (Å²) in [7, 11) is 1.37. The molecule has 1 saturated heterocycles. The van der Waals surface area contributed by atoms with Gasteiger partial charge in [0.25, 0.3) is 0 Å². The van der Waals surface area contributed by atoms with E-state index in [4.69, 9.17) is 14.7 Å². The first-order valence-corrected chi connectivity index (χ1v) is 13.2. The van der Waals surface area contributed by atoms with E-state index in [2.05, 4.69) is 6.07 Å². The Hall–Kier alpha value is -3.33. The Kier molecular flexibility index (Phi) is 9.00. The second kappa shape index (κ2) is 12.6. The van der Waals surface area contributed by atoms with Gasteiger partial charge >= 0.3 is 5.97 Å². The molecule has 1 aliphatic heterocycles. The Balaban J connectivity index is 1.35. The molecule has 1 saturated carbocycles. The third-order valence-electron chi connectivity index (χ3n) is 7.65. The molecule has 2 atom stereocenters. The fraction of sp³-hybridized carbons (Fsp3) is 0.500. The maximum atomic E-state index is 13.2. The van der Waals surface area contributed by atoms with E-state index in [1.165, 1.54) is 39.2 Å². The van der Waals surface area contributed by atoms with Crippen LogP contribution in [0.5, 0.6) is 5.75 Å². The molecule has 0 aromatic heterocycles. The van der Waals surface area contributed by atoms with Gasteiger partial charge in [-0.1, -0.05) is 56.4 Å². The molecule has 2 aromatic rings. The summed E-state index contributed by atoms with van der Waals surface area (Å²) in [5, 5.41) is 8.98. The quantitative estimate of drug-likeness (QED) is 0.398. The highest BCUT2D eigenvalue weighted by molar-refractivity contribution is 5.85. The lowest BCUT2D eigenvalue weighted by Crippen LogP contribution is -2.38. The van der Waals surface area contributed by atoms with Gasteiger partial charge in [0.2, 0.25) is 5.91 Å². The Labute approximate surface area is 214 Å². The maximum absolute atomic E-state index is 13.2. The minimum Gasteiger partial charge on any atom is -0.491 e. The molecule has 6 nitrogen and oxygen atoms in total. The van der Waals surface area contributed by atoms with Gasteiger partial charge in [-0.05, 0) is 60.6 Å². The summed E-state index contributed by atoms with van der Waals surface area (Å²) in [4.78, 5) is 27.0. The van der Waals surface area contributed by atoms with Crippen LogP contribution in [0.15, 0.2) is 48.5 Å². The van der Waals surface area contributed by atoms with Gasteiger partial charge in [-0.25, -0.2) is 0 Å². The summed E-state index contributed by atoms with van der Waals surface area (Å²) >= 11 is 0. The summed E-state index contributed by atoms with van der Waals surface area (Å²) in [5.41, 5.74) is 2.72. The first kappa shape index (κ1) is 25.8. The number of hydrogen-bond acceptors (Lipinski definition) is 5. The van der Waals surface area contributed by atoms with Crippen LogP contribution < -0.4 is 4.74 Å². The zero-order valence-corrected chi connectivity index (χ0v) is 21.2. The highest BCUT2D eigenvalue weighted by Crippen LogP contribution is 2.31. The average molecular weight is 489 g/mol. The fourth-order valence-corrected chi connectivity index (χ4v) is 5.58. The molecule has 0 N–H and O–H groups in total. The molecule has 0 radical (unpaired) electrons. The molecule has 190 valence electrons. The van der Waals surface area contributed by atoms with Crippen molar-refractivity contribution in [3.63, 3.8) is 0 Å². The summed E-state index contributed by atoms with van der Waals surface area (Å²) in [5.74, 6) is 0.911. The van der Waals surface area contributed by atoms with Crippen molar-refractivity contribution in [2.45, 2.75) is 63.8 Å². The van der Waals surface area contributed by atoms with Crippen LogP contribution in [0.3, 0.4) is 0 Å². The Bertz CT molecular complexity index is 1050. The van der Waals surface area contributed by atoms with E-state index >= 15 is 0 Å². The standard InChI is InChI=1S/C30H36N2O4/c1-35-29(33)19-26-18-27(32(30(26)34)17-5-8-22-6-3-2-4-7-22)21-36-28-15-13-25(14-16-28)24-11-9-23(20-31)10-12-24/h9-16,22,26-27H,2-8,17-19,21H2,1H3/t26-,27-/m0/s1. The molecule has 0 bridgehead atoms. The second-order valence-electron chi connectivity index (χ2n) is 10.1. The third-order valence-corrected chi connectivity index (χ3v) is 7.65. The maximum Gasteiger partial charge on any atom is 0.306 e. The van der Waals surface area contributed by atoms with Crippen LogP contribution in [0.2, 0.25) is 0 Å². The van der Waals surface area contributed by atoms with Crippen LogP contribution in [0, 0.1) is 23.2 Å². The van der Waals surface area contributed by atoms with E-state index < -0.39 is 0 Å². The first-order chi connectivity index (χ1) is 17.6. The highest BCUT2D eigenvalue weighted by Gasteiger charge is 2.40. The van der Waals surface area contributed by atoms with E-state index in [-0.39, 0.29) is 30.3 Å². The van der Waals surface area contributed by atoms with Gasteiger partial charge in [0, 0.05) is 6.54 Å². The first-order valence-electron chi connectivity index (χ1n) is 13.2. The number of nitrogens with zero attached hydrogens (tertiary/aromatic N) is 2. The second-order valence-corrected chi connectivity index (χ2v) is 10.1. The Morgan fingerprint density at radius 2 is 1.69 bits per heavy atom. The Morgan fingerprint density at radius 3 is 2.33 bits per heavy atom. The summed E-state index contributed by atoms with van der Waals surface area (Å²) in [6, 6.07) is 17.4. The average Bonchev–Trinajstić information content (AvgIpc) is 3.22. The van der Waals surface area contributed by atoms with Crippen LogP contribution in [0.1, 0.15) is 63.4 Å². The van der Waals surface area contributed by atoms with Crippen LogP contribution >= 0.6 is 0 Å². The van der Waals surface area contributed by atoms with E-state index in [1.54, 1.807) is 0 Å². The molecule has 2 aliphatic rings. The fourth-order valence-electron chi connectivity index (χ4n) is 5.58. The number of methoxy groups -OCH3 is 1. The lowest BCUT2D eigenvalue weighted by Gasteiger charge is -2.27. The minimum atomic E-state index is -0.338. The number of carbonyl (C=O) groups is 2. The molecule has 1 amide bonds. The molecule has 6 heteroatoms. The van der Waals surface area contributed by atoms with E-state index in [0.29, 0.717) is 18.6 Å². The molecular weight excluding hydrogens is 452 g/mol. The summed E-state index contributed by atoms with van der Waals surface area (Å²) in [6.45, 7) is 1.13. The van der Waals surface area contributed by atoms with Crippen molar-refractivity contribution in [1.29, 1.82) is 5.26 Å². The van der Waals surface area contributed by atoms with Gasteiger partial charge in [0.1, 0.15) is 12.4 Å². The zero-order chi connectivity index (χ0) is 25.3. The number of rotatable bonds is 10. The monoisotopic (exact) mass is 488 g/mol. The lowest BCUT2D eigenvalue weighted by molar-refractivity contribution is -0.144. The van der Waals surface area contributed by atoms with Gasteiger partial charge in [-0.3, -0.25) is 9.59 Å². The predicted molar refractivity (Wildman–Crippen MR) is 138 cm³/mol. The van der Waals surface area contributed by atoms with E-state index in [9.17, 15) is 9.59 Å². The van der Waals surface area contributed by atoms with Crippen molar-refractivity contribution in [3.05, 3.63) is 54.1 Å². The molecule has 0 unspecified atom stereocenters. The van der Waals surface area contributed by atoms with E-state index in [0.717, 1.165) is 42.2 Å². The van der Waals surface area contributed by atoms with Gasteiger partial charge in [-0.15, -0.1) is 0 Å². The van der Waals surface area contributed by atoms with Crippen molar-refractivity contribution in [2.24, 2.45) is 11.8 Å². The van der Waals surface area contributed by atoms with Crippen LogP contribution in [-0.4, -0.2) is 43.1 Å². The van der Waals surface area contributed by atoms with E-state index in [1.807, 2.05) is 53.4 Å². The van der Waals surface area contributed by atoms with Crippen molar-refractivity contribution >= 4 is 11.9 Å². The lowest BCUT2D eigenvalue weighted by atomic mass is 9.86. The smallest absolute Gasteiger partial charge is 0.306 e. The number of amides is 1. The largest absolute Gasteiger partial charge is 0.491 e. The number of nitriles is 1. The third kappa shape index (κ3) is 6.66. The van der Waals surface area contributed by atoms with Gasteiger partial charge in [0.15, 0.2) is 0 Å². The predicted octanol–water partition coefficient (Wildman–Crippen LogP) is 5.74. The van der Waals surface area contributed by atoms with Crippen molar-refractivity contribution in [3.8, 4) is 22.9 Å². The Morgan fingerprint density at radius 1 is 1.03 bits per heavy atom. The summed E-state index contributed by atoms with van der Waals surface area (Å²) < 4.78 is 10.9. The summed E-state index contributed by atoms with van der Waals surface area (Å²) in [6.07, 6.45) is 9.53. The number of carbonyl (C=O) groups excluding carboxylic acids is 2. The van der Waals surface area contributed by atoms with Crippen molar-refractivity contribution < 1.29 is 19.1 Å². The normalized spacial score (nSPS) is 20.2. The van der Waals surface area contributed by atoms with Gasteiger partial charge in [0.05, 0.1) is 37.1 Å². The molecule has 4 rings (SSSR count). The SMILES string of the molecule is COC(=O)C[C@@H]1C[C@@H](COc2ccc(-c3ccc(C#N)cc3)cc2)N(CCCC2CCCCC2)C1=O. The number of esters is 1. The van der Waals surface area contributed by atoms with Crippen molar-refractivity contribution in [2.75, 3.05) is 20.3 Å². The van der Waals surface area contributed by atoms with Gasteiger partial charge < -0.3 is 14.4 Å². The highest BCUT2D eigenvalue weighted by atomic mass is 16.5. The van der Waals surface area contributed by atoms with Crippen LogP contribution in [0.4, 0.5) is 0 Å². The van der Waals surface area contributed by atoms with Crippen molar-refractivity contribution in [1.82, 2.24) is 4.90 Å². The number of hydrogen-bond donors (Lipinski definition) is 0. The molecule has 1 aliphatic carbocycles. The van der Waals surface area contributed by atoms with Crippen LogP contribution in [-0.2, 0) is 14.3 Å². The topological polar surface area (TPSA) is 79.6 Å². The zero-order valence-electron chi connectivity index (χ0n) is 21.2. The molecule has 1 heterocycles.